The van der Waals surface area contributed by atoms with Crippen molar-refractivity contribution < 1.29 is 9.59 Å². The van der Waals surface area contributed by atoms with E-state index >= 15 is 0 Å². The van der Waals surface area contributed by atoms with Crippen molar-refractivity contribution >= 4 is 11.8 Å². The molecule has 0 spiro atoms. The number of carbonyl (C=O) groups excluding carboxylic acids is 2. The van der Waals surface area contributed by atoms with E-state index in [9.17, 15) is 9.59 Å². The molecule has 0 aliphatic carbocycles. The zero-order chi connectivity index (χ0) is 8.43. The fourth-order valence-electron chi connectivity index (χ4n) is 1.01. The number of nitrogens with zero attached hydrogens (tertiary/aromatic N) is 1. The highest BCUT2D eigenvalue weighted by Crippen LogP contribution is 2.15. The number of amides is 2. The van der Waals surface area contributed by atoms with Crippen LogP contribution in [0, 0.1) is 0 Å². The SMILES string of the molecule is C=C1CC(=O)N(CCN)C1=O. The van der Waals surface area contributed by atoms with E-state index in [1.807, 2.05) is 0 Å². The monoisotopic (exact) mass is 154 g/mol. The Kier molecular flexibility index (Phi) is 2.05. The summed E-state index contributed by atoms with van der Waals surface area (Å²) in [4.78, 5) is 23.2. The van der Waals surface area contributed by atoms with Crippen LogP contribution in [0.3, 0.4) is 0 Å². The predicted molar refractivity (Wildman–Crippen MR) is 39.5 cm³/mol. The molecule has 0 aromatic carbocycles. The van der Waals surface area contributed by atoms with Gasteiger partial charge in [0.2, 0.25) is 5.91 Å². The van der Waals surface area contributed by atoms with Crippen molar-refractivity contribution in [3.63, 3.8) is 0 Å². The van der Waals surface area contributed by atoms with Gasteiger partial charge in [0.25, 0.3) is 5.91 Å². The molecule has 0 radical (unpaired) electrons. The van der Waals surface area contributed by atoms with Gasteiger partial charge in [0.1, 0.15) is 0 Å². The number of imide groups is 1. The molecule has 11 heavy (non-hydrogen) atoms. The van der Waals surface area contributed by atoms with Crippen molar-refractivity contribution in [1.82, 2.24) is 4.90 Å². The quantitative estimate of drug-likeness (QED) is 0.421. The molecule has 2 amide bonds. The van der Waals surface area contributed by atoms with E-state index < -0.39 is 0 Å². The predicted octanol–water partition coefficient (Wildman–Crippen LogP) is -0.740. The van der Waals surface area contributed by atoms with Gasteiger partial charge in [0.15, 0.2) is 0 Å². The Hall–Kier alpha value is -1.16. The van der Waals surface area contributed by atoms with Crippen LogP contribution >= 0.6 is 0 Å². The second kappa shape index (κ2) is 2.84. The van der Waals surface area contributed by atoms with Crippen molar-refractivity contribution in [2.45, 2.75) is 6.42 Å². The van der Waals surface area contributed by atoms with Crippen LogP contribution < -0.4 is 5.73 Å². The van der Waals surface area contributed by atoms with Crippen LogP contribution in [0.1, 0.15) is 6.42 Å². The third kappa shape index (κ3) is 1.30. The molecule has 1 rings (SSSR count). The van der Waals surface area contributed by atoms with Gasteiger partial charge in [-0.3, -0.25) is 14.5 Å². The van der Waals surface area contributed by atoms with Crippen LogP contribution in [-0.2, 0) is 9.59 Å². The third-order valence-corrected chi connectivity index (χ3v) is 1.57. The van der Waals surface area contributed by atoms with Crippen molar-refractivity contribution in [3.05, 3.63) is 12.2 Å². The number of rotatable bonds is 2. The lowest BCUT2D eigenvalue weighted by molar-refractivity contribution is -0.137. The van der Waals surface area contributed by atoms with E-state index in [1.165, 1.54) is 0 Å². The summed E-state index contributed by atoms with van der Waals surface area (Å²) < 4.78 is 0. The number of hydrogen-bond donors (Lipinski definition) is 1. The lowest BCUT2D eigenvalue weighted by atomic mass is 10.3. The molecule has 0 unspecified atom stereocenters. The summed E-state index contributed by atoms with van der Waals surface area (Å²) in [5.74, 6) is -0.467. The van der Waals surface area contributed by atoms with E-state index in [2.05, 4.69) is 6.58 Å². The lowest BCUT2D eigenvalue weighted by Gasteiger charge is -2.10. The van der Waals surface area contributed by atoms with Crippen LogP contribution in [0.4, 0.5) is 0 Å². The van der Waals surface area contributed by atoms with E-state index in [1.54, 1.807) is 0 Å². The van der Waals surface area contributed by atoms with Crippen LogP contribution in [0.15, 0.2) is 12.2 Å². The van der Waals surface area contributed by atoms with Crippen LogP contribution in [0.5, 0.6) is 0 Å². The largest absolute Gasteiger partial charge is 0.329 e. The van der Waals surface area contributed by atoms with Crippen LogP contribution in [-0.4, -0.2) is 29.8 Å². The van der Waals surface area contributed by atoms with Crippen molar-refractivity contribution in [3.8, 4) is 0 Å². The molecule has 1 aliphatic rings. The molecule has 2 N–H and O–H groups in total. The summed E-state index contributed by atoms with van der Waals surface area (Å²) in [5.41, 5.74) is 5.57. The zero-order valence-corrected chi connectivity index (χ0v) is 6.17. The highest BCUT2D eigenvalue weighted by molar-refractivity contribution is 6.12. The molecule has 0 atom stereocenters. The molecule has 1 aliphatic heterocycles. The van der Waals surface area contributed by atoms with E-state index in [0.29, 0.717) is 18.7 Å². The second-order valence-corrected chi connectivity index (χ2v) is 2.42. The summed E-state index contributed by atoms with van der Waals surface area (Å²) in [5, 5.41) is 0. The molecule has 60 valence electrons. The summed E-state index contributed by atoms with van der Waals surface area (Å²) in [7, 11) is 0. The van der Waals surface area contributed by atoms with Gasteiger partial charge in [0.05, 0.1) is 6.42 Å². The van der Waals surface area contributed by atoms with Crippen molar-refractivity contribution in [2.75, 3.05) is 13.1 Å². The Balaban J connectivity index is 2.71. The minimum atomic E-state index is -0.277. The number of carbonyl (C=O) groups is 2. The molecule has 0 bridgehead atoms. The Morgan fingerprint density at radius 3 is 2.55 bits per heavy atom. The van der Waals surface area contributed by atoms with E-state index in [-0.39, 0.29) is 18.2 Å². The summed E-state index contributed by atoms with van der Waals surface area (Å²) >= 11 is 0. The van der Waals surface area contributed by atoms with Crippen LogP contribution in [0.2, 0.25) is 0 Å². The maximum absolute atomic E-state index is 11.1. The minimum absolute atomic E-state index is 0.152. The van der Waals surface area contributed by atoms with Crippen molar-refractivity contribution in [2.24, 2.45) is 5.73 Å². The first-order valence-electron chi connectivity index (χ1n) is 3.39. The average molecular weight is 154 g/mol. The fraction of sp³-hybridized carbons (Fsp3) is 0.429. The molecule has 1 fully saturated rings. The van der Waals surface area contributed by atoms with Gasteiger partial charge in [-0.05, 0) is 0 Å². The summed E-state index contributed by atoms with van der Waals surface area (Å²) in [6, 6.07) is 0. The molecular formula is C7H10N2O2. The normalized spacial score (nSPS) is 18.3. The maximum Gasteiger partial charge on any atom is 0.256 e. The molecule has 0 saturated carbocycles. The van der Waals surface area contributed by atoms with Gasteiger partial charge < -0.3 is 5.73 Å². The molecule has 4 nitrogen and oxygen atoms in total. The average Bonchev–Trinajstić information content (AvgIpc) is 2.17. The van der Waals surface area contributed by atoms with Crippen molar-refractivity contribution in [1.29, 1.82) is 0 Å². The fourth-order valence-corrected chi connectivity index (χ4v) is 1.01. The topological polar surface area (TPSA) is 63.4 Å². The van der Waals surface area contributed by atoms with E-state index in [4.69, 9.17) is 5.73 Å². The molecule has 0 aromatic heterocycles. The highest BCUT2D eigenvalue weighted by atomic mass is 16.2. The lowest BCUT2D eigenvalue weighted by Crippen LogP contribution is -2.33. The number of hydrogen-bond acceptors (Lipinski definition) is 3. The Bertz CT molecular complexity index is 222. The first kappa shape index (κ1) is 7.94. The summed E-state index contributed by atoms with van der Waals surface area (Å²) in [6.07, 6.45) is 0.152. The van der Waals surface area contributed by atoms with Gasteiger partial charge in [0, 0.05) is 18.7 Å². The standard InChI is InChI=1S/C7H10N2O2/c1-5-4-6(10)9(3-2-8)7(5)11/h1-4,8H2. The second-order valence-electron chi connectivity index (χ2n) is 2.42. The van der Waals surface area contributed by atoms with Gasteiger partial charge in [-0.15, -0.1) is 0 Å². The minimum Gasteiger partial charge on any atom is -0.329 e. The van der Waals surface area contributed by atoms with Gasteiger partial charge in [-0.2, -0.15) is 0 Å². The number of likely N-dealkylation sites (tertiary alicyclic amines) is 1. The van der Waals surface area contributed by atoms with Crippen LogP contribution in [0.25, 0.3) is 0 Å². The third-order valence-electron chi connectivity index (χ3n) is 1.57. The zero-order valence-electron chi connectivity index (χ0n) is 6.17. The maximum atomic E-state index is 11.1. The molecule has 1 saturated heterocycles. The Morgan fingerprint density at radius 1 is 1.55 bits per heavy atom. The van der Waals surface area contributed by atoms with Gasteiger partial charge in [-0.1, -0.05) is 6.58 Å². The molecule has 0 aromatic rings. The molecule has 4 heteroatoms. The highest BCUT2D eigenvalue weighted by Gasteiger charge is 2.31. The Morgan fingerprint density at radius 2 is 2.18 bits per heavy atom. The first-order valence-corrected chi connectivity index (χ1v) is 3.39. The van der Waals surface area contributed by atoms with Gasteiger partial charge >= 0.3 is 0 Å². The first-order chi connectivity index (χ1) is 5.16. The smallest absolute Gasteiger partial charge is 0.256 e. The van der Waals surface area contributed by atoms with E-state index in [0.717, 1.165) is 4.90 Å². The Labute approximate surface area is 64.7 Å². The number of nitrogens with two attached hydrogens (primary N) is 1. The van der Waals surface area contributed by atoms with Gasteiger partial charge in [-0.25, -0.2) is 0 Å². The summed E-state index contributed by atoms with van der Waals surface area (Å²) in [6.45, 7) is 4.08. The molecular weight excluding hydrogens is 144 g/mol. The molecule has 1 heterocycles.